The van der Waals surface area contributed by atoms with Crippen LogP contribution in [0.5, 0.6) is 0 Å². The molecule has 0 saturated heterocycles. The number of hydrogen-bond acceptors (Lipinski definition) is 6. The molecule has 5 aromatic rings. The minimum Gasteiger partial charge on any atom is -0.478 e. The van der Waals surface area contributed by atoms with Crippen molar-refractivity contribution in [1.82, 2.24) is 25.2 Å². The van der Waals surface area contributed by atoms with Gasteiger partial charge in [-0.2, -0.15) is 18.3 Å². The minimum absolute atomic E-state index is 0.0475. The highest BCUT2D eigenvalue weighted by Crippen LogP contribution is 2.38. The fourth-order valence-electron chi connectivity index (χ4n) is 6.43. The predicted molar refractivity (Wildman–Crippen MR) is 188 cm³/mol. The first kappa shape index (κ1) is 39.4. The van der Waals surface area contributed by atoms with Gasteiger partial charge in [-0.05, 0) is 101 Å². The van der Waals surface area contributed by atoms with Crippen LogP contribution in [0.2, 0.25) is 10.0 Å². The number of amides is 1. The number of benzene rings is 3. The van der Waals surface area contributed by atoms with Crippen LogP contribution in [0.4, 0.5) is 22.0 Å². The third-order valence-electron chi connectivity index (χ3n) is 9.31. The van der Waals surface area contributed by atoms with Crippen LogP contribution < -0.4 is 5.32 Å². The second kappa shape index (κ2) is 16.1. The zero-order valence-electron chi connectivity index (χ0n) is 28.6. The Hall–Kier alpha value is -4.79. The fraction of sp³-hybridized carbons (Fsp3) is 0.297. The first-order valence-corrected chi connectivity index (χ1v) is 17.0. The molecule has 3 aromatic carbocycles. The molecule has 9 nitrogen and oxygen atoms in total. The number of nitrogens with zero attached hydrogens (tertiary/aromatic N) is 4. The molecule has 1 saturated carbocycles. The molecule has 0 aliphatic heterocycles. The van der Waals surface area contributed by atoms with Gasteiger partial charge in [-0.15, -0.1) is 0 Å². The van der Waals surface area contributed by atoms with Crippen molar-refractivity contribution in [3.63, 3.8) is 0 Å². The molecule has 53 heavy (non-hydrogen) atoms. The number of alkyl halides is 3. The van der Waals surface area contributed by atoms with E-state index in [0.29, 0.717) is 33.6 Å². The van der Waals surface area contributed by atoms with Gasteiger partial charge in [-0.3, -0.25) is 4.79 Å². The number of nitrogens with one attached hydrogen (secondary N) is 1. The van der Waals surface area contributed by atoms with Gasteiger partial charge >= 0.3 is 12.1 Å². The Labute approximate surface area is 311 Å². The molecule has 0 bridgehead atoms. The lowest BCUT2D eigenvalue weighted by molar-refractivity contribution is -0.143. The molecule has 1 fully saturated rings. The van der Waals surface area contributed by atoms with Gasteiger partial charge in [-0.1, -0.05) is 52.6 Å². The van der Waals surface area contributed by atoms with Gasteiger partial charge in [0.05, 0.1) is 22.5 Å². The first-order valence-electron chi connectivity index (χ1n) is 16.3. The Kier molecular flexibility index (Phi) is 11.9. The zero-order valence-corrected chi connectivity index (χ0v) is 30.2. The lowest BCUT2D eigenvalue weighted by atomic mass is 9.74. The molecule has 6 rings (SSSR count). The number of aromatic carboxylic acids is 1. The van der Waals surface area contributed by atoms with Gasteiger partial charge in [0.1, 0.15) is 34.2 Å². The maximum absolute atomic E-state index is 14.5. The molecule has 0 atom stereocenters. The summed E-state index contributed by atoms with van der Waals surface area (Å²) in [5.41, 5.74) is -1.33. The van der Waals surface area contributed by atoms with Crippen molar-refractivity contribution in [2.75, 3.05) is 14.1 Å². The SMILES string of the molecule is Cc1onc(-c2c(F)cccc2Cl)c1C(=O)NC1CCC(Cc2ccccc2F)(N(C)C)CC1.O=C(O)c1cnn(-c2ccc(Cl)cc2)c1C(F)(F)F. The van der Waals surface area contributed by atoms with Crippen molar-refractivity contribution in [2.45, 2.75) is 56.8 Å². The first-order chi connectivity index (χ1) is 25.0. The molecule has 0 unspecified atom stereocenters. The predicted octanol–water partition coefficient (Wildman–Crippen LogP) is 9.04. The standard InChI is InChI=1S/C26H28ClF2N3O2.C11H6ClF3N2O2/c1-16-22(24(31-34-16)23-19(27)8-6-10-21(23)29)25(33)30-18-11-13-26(14-12-18,32(2)3)15-17-7-4-5-9-20(17)28;12-6-1-3-7(4-2-6)17-9(11(13,14)15)8(5-16-17)10(18)19/h4-10,18H,11-15H2,1-3H3,(H,30,33);1-5H,(H,18,19). The van der Waals surface area contributed by atoms with Gasteiger partial charge in [0.15, 0.2) is 5.69 Å². The van der Waals surface area contributed by atoms with E-state index < -0.39 is 29.2 Å². The van der Waals surface area contributed by atoms with Gasteiger partial charge in [0.2, 0.25) is 0 Å². The highest BCUT2D eigenvalue weighted by atomic mass is 35.5. The van der Waals surface area contributed by atoms with Crippen molar-refractivity contribution >= 4 is 35.1 Å². The van der Waals surface area contributed by atoms with Crippen LogP contribution in [0.3, 0.4) is 0 Å². The van der Waals surface area contributed by atoms with E-state index in [1.54, 1.807) is 19.1 Å². The summed E-state index contributed by atoms with van der Waals surface area (Å²) >= 11 is 11.8. The van der Waals surface area contributed by atoms with Crippen LogP contribution in [0, 0.1) is 18.6 Å². The van der Waals surface area contributed by atoms with E-state index in [2.05, 4.69) is 20.5 Å². The number of aryl methyl sites for hydroxylation is 1. The Balaban J connectivity index is 0.000000241. The number of carboxylic acids is 1. The highest BCUT2D eigenvalue weighted by molar-refractivity contribution is 6.33. The number of carboxylic acid groups (broad SMARTS) is 1. The Morgan fingerprint density at radius 2 is 1.64 bits per heavy atom. The molecule has 2 heterocycles. The Morgan fingerprint density at radius 3 is 2.23 bits per heavy atom. The Morgan fingerprint density at radius 1 is 1.00 bits per heavy atom. The molecule has 0 radical (unpaired) electrons. The molecular formula is C37H34Cl2F5N5O4. The van der Waals surface area contributed by atoms with Crippen molar-refractivity contribution in [3.8, 4) is 16.9 Å². The summed E-state index contributed by atoms with van der Waals surface area (Å²) < 4.78 is 73.3. The lowest BCUT2D eigenvalue weighted by Gasteiger charge is -2.45. The van der Waals surface area contributed by atoms with E-state index in [9.17, 15) is 31.5 Å². The maximum Gasteiger partial charge on any atom is 0.434 e. The van der Waals surface area contributed by atoms with Crippen LogP contribution in [0.25, 0.3) is 16.9 Å². The zero-order chi connectivity index (χ0) is 38.7. The lowest BCUT2D eigenvalue weighted by Crippen LogP contribution is -2.52. The van der Waals surface area contributed by atoms with Gasteiger partial charge < -0.3 is 19.8 Å². The topological polar surface area (TPSA) is 113 Å². The number of rotatable bonds is 8. The molecule has 2 N–H and O–H groups in total. The van der Waals surface area contributed by atoms with Gasteiger partial charge in [0.25, 0.3) is 5.91 Å². The van der Waals surface area contributed by atoms with Crippen LogP contribution in [0.1, 0.15) is 63.4 Å². The number of hydrogen-bond donors (Lipinski definition) is 2. The summed E-state index contributed by atoms with van der Waals surface area (Å²) in [7, 11) is 4.04. The van der Waals surface area contributed by atoms with Crippen molar-refractivity contribution in [1.29, 1.82) is 0 Å². The summed E-state index contributed by atoms with van der Waals surface area (Å²) in [5, 5.41) is 19.7. The fourth-order valence-corrected chi connectivity index (χ4v) is 6.80. The highest BCUT2D eigenvalue weighted by Gasteiger charge is 2.41. The monoisotopic (exact) mass is 777 g/mol. The van der Waals surface area contributed by atoms with Gasteiger partial charge in [0, 0.05) is 16.6 Å². The third-order valence-corrected chi connectivity index (χ3v) is 9.87. The average molecular weight is 779 g/mol. The molecule has 280 valence electrons. The summed E-state index contributed by atoms with van der Waals surface area (Å²) in [6.07, 6.45) is -0.490. The third kappa shape index (κ3) is 8.72. The second-order valence-electron chi connectivity index (χ2n) is 12.8. The van der Waals surface area contributed by atoms with Gasteiger partial charge in [-0.25, -0.2) is 18.3 Å². The summed E-state index contributed by atoms with van der Waals surface area (Å²) in [5.74, 6) is -2.53. The molecule has 0 spiro atoms. The minimum atomic E-state index is -4.83. The summed E-state index contributed by atoms with van der Waals surface area (Å²) in [6.45, 7) is 1.62. The van der Waals surface area contributed by atoms with E-state index >= 15 is 0 Å². The molecule has 16 heteroatoms. The van der Waals surface area contributed by atoms with Crippen LogP contribution in [0.15, 0.2) is 77.4 Å². The number of likely N-dealkylation sites (N-methyl/N-ethyl adjacent to an activating group) is 1. The van der Waals surface area contributed by atoms with Crippen molar-refractivity contribution in [2.24, 2.45) is 0 Å². The van der Waals surface area contributed by atoms with E-state index in [1.807, 2.05) is 26.2 Å². The maximum atomic E-state index is 14.5. The average Bonchev–Trinajstić information content (AvgIpc) is 3.72. The van der Waals surface area contributed by atoms with Crippen LogP contribution >= 0.6 is 23.2 Å². The number of carbonyl (C=O) groups is 2. The quantitative estimate of drug-likeness (QED) is 0.151. The number of aromatic nitrogens is 3. The van der Waals surface area contributed by atoms with Crippen LogP contribution in [-0.4, -0.2) is 62.5 Å². The molecule has 2 aromatic heterocycles. The van der Waals surface area contributed by atoms with E-state index in [4.69, 9.17) is 32.8 Å². The largest absolute Gasteiger partial charge is 0.478 e. The number of halogens is 7. The molecule has 1 aliphatic rings. The summed E-state index contributed by atoms with van der Waals surface area (Å²) in [6, 6.07) is 16.5. The van der Waals surface area contributed by atoms with E-state index in [1.165, 1.54) is 42.5 Å². The van der Waals surface area contributed by atoms with Crippen LogP contribution in [-0.2, 0) is 12.6 Å². The smallest absolute Gasteiger partial charge is 0.434 e. The molecule has 1 amide bonds. The van der Waals surface area contributed by atoms with E-state index in [0.717, 1.165) is 25.7 Å². The summed E-state index contributed by atoms with van der Waals surface area (Å²) in [4.78, 5) is 26.2. The van der Waals surface area contributed by atoms with E-state index in [-0.39, 0.29) is 50.8 Å². The Bertz CT molecular complexity index is 2070. The normalized spacial score (nSPS) is 17.3. The number of carbonyl (C=O) groups excluding carboxylic acids is 1. The van der Waals surface area contributed by atoms with Crippen molar-refractivity contribution in [3.05, 3.63) is 123 Å². The van der Waals surface area contributed by atoms with Crippen molar-refractivity contribution < 1.29 is 41.2 Å². The molecular weight excluding hydrogens is 744 g/mol. The molecule has 1 aliphatic carbocycles. The second-order valence-corrected chi connectivity index (χ2v) is 13.6.